The molecule has 0 aromatic heterocycles. The first kappa shape index (κ1) is 16.6. The molecule has 1 N–H and O–H groups in total. The van der Waals surface area contributed by atoms with Gasteiger partial charge in [-0.3, -0.25) is 4.79 Å². The fraction of sp³-hybridized carbons (Fsp3) is 0.533. The first-order valence-electron chi connectivity index (χ1n) is 6.93. The van der Waals surface area contributed by atoms with Gasteiger partial charge in [0.15, 0.2) is 0 Å². The number of nitrogens with zero attached hydrogens (tertiary/aromatic N) is 1. The van der Waals surface area contributed by atoms with Crippen LogP contribution in [0.4, 0.5) is 5.69 Å². The van der Waals surface area contributed by atoms with Gasteiger partial charge in [0, 0.05) is 41.3 Å². The summed E-state index contributed by atoms with van der Waals surface area (Å²) in [4.78, 5) is 14.5. The molecule has 116 valence electrons. The molecule has 1 atom stereocenters. The minimum Gasteiger partial charge on any atom is -0.366 e. The number of carbonyl (C=O) groups is 1. The molecule has 0 unspecified atom stereocenters. The monoisotopic (exact) mass is 330 g/mol. The number of ether oxygens (including phenoxy) is 1. The van der Waals surface area contributed by atoms with Gasteiger partial charge in [-0.1, -0.05) is 31.5 Å². The summed E-state index contributed by atoms with van der Waals surface area (Å²) in [5.74, 6) is 0.0197. The Kier molecular flexibility index (Phi) is 4.83. The molecule has 1 aromatic carbocycles. The van der Waals surface area contributed by atoms with E-state index in [9.17, 15) is 4.79 Å². The van der Waals surface area contributed by atoms with Crippen molar-refractivity contribution in [2.75, 3.05) is 31.1 Å². The standard InChI is InChI=1S/C15H19ClN2O2.ClH/c1-15(2)9-18(11-5-3-4-10(16)13(11)15)14(19)12-8-17-6-7-20-12;/h3-5,12,17H,6-9H2,1-2H3;1H/t12-;/m1./s1. The van der Waals surface area contributed by atoms with Crippen molar-refractivity contribution in [3.05, 3.63) is 28.8 Å². The molecular formula is C15H20Cl2N2O2. The molecule has 2 aliphatic rings. The van der Waals surface area contributed by atoms with E-state index in [-0.39, 0.29) is 23.7 Å². The lowest BCUT2D eigenvalue weighted by molar-refractivity contribution is -0.131. The predicted octanol–water partition coefficient (Wildman–Crippen LogP) is 2.37. The summed E-state index contributed by atoms with van der Waals surface area (Å²) in [6.45, 7) is 6.83. The second kappa shape index (κ2) is 6.13. The van der Waals surface area contributed by atoms with E-state index in [0.717, 1.165) is 22.8 Å². The van der Waals surface area contributed by atoms with Crippen LogP contribution in [0.25, 0.3) is 0 Å². The van der Waals surface area contributed by atoms with Gasteiger partial charge in [-0.2, -0.15) is 0 Å². The maximum atomic E-state index is 12.7. The van der Waals surface area contributed by atoms with Gasteiger partial charge in [-0.05, 0) is 12.1 Å². The summed E-state index contributed by atoms with van der Waals surface area (Å²) < 4.78 is 5.58. The fourth-order valence-electron chi connectivity index (χ4n) is 3.06. The Bertz CT molecular complexity index is 542. The van der Waals surface area contributed by atoms with Gasteiger partial charge in [0.25, 0.3) is 5.91 Å². The average molecular weight is 331 g/mol. The Balaban J connectivity index is 0.00000161. The maximum absolute atomic E-state index is 12.7. The lowest BCUT2D eigenvalue weighted by atomic mass is 9.87. The smallest absolute Gasteiger partial charge is 0.257 e. The van der Waals surface area contributed by atoms with Crippen LogP contribution < -0.4 is 10.2 Å². The van der Waals surface area contributed by atoms with Crippen molar-refractivity contribution in [3.63, 3.8) is 0 Å². The van der Waals surface area contributed by atoms with E-state index in [1.807, 2.05) is 23.1 Å². The quantitative estimate of drug-likeness (QED) is 0.859. The van der Waals surface area contributed by atoms with E-state index in [1.54, 1.807) is 0 Å². The first-order chi connectivity index (χ1) is 9.50. The molecule has 0 aliphatic carbocycles. The molecule has 0 spiro atoms. The van der Waals surface area contributed by atoms with Gasteiger partial charge in [0.1, 0.15) is 6.10 Å². The highest BCUT2D eigenvalue weighted by molar-refractivity contribution is 6.32. The third-order valence-electron chi connectivity index (χ3n) is 3.98. The molecule has 6 heteroatoms. The van der Waals surface area contributed by atoms with Crippen molar-refractivity contribution < 1.29 is 9.53 Å². The second-order valence-electron chi connectivity index (χ2n) is 6.01. The Hall–Kier alpha value is -0.810. The van der Waals surface area contributed by atoms with E-state index >= 15 is 0 Å². The number of hydrogen-bond donors (Lipinski definition) is 1. The molecule has 4 nitrogen and oxygen atoms in total. The molecule has 2 aliphatic heterocycles. The number of carbonyl (C=O) groups excluding carboxylic acids is 1. The summed E-state index contributed by atoms with van der Waals surface area (Å²) in [7, 11) is 0. The van der Waals surface area contributed by atoms with E-state index in [0.29, 0.717) is 19.7 Å². The van der Waals surface area contributed by atoms with Gasteiger partial charge < -0.3 is 15.0 Å². The van der Waals surface area contributed by atoms with Crippen LogP contribution >= 0.6 is 24.0 Å². The van der Waals surface area contributed by atoms with Gasteiger partial charge in [-0.15, -0.1) is 12.4 Å². The molecule has 1 saturated heterocycles. The molecule has 3 rings (SSSR count). The number of rotatable bonds is 1. The highest BCUT2D eigenvalue weighted by Gasteiger charge is 2.41. The predicted molar refractivity (Wildman–Crippen MR) is 86.7 cm³/mol. The Labute approximate surface area is 136 Å². The van der Waals surface area contributed by atoms with Crippen LogP contribution in [0.2, 0.25) is 5.02 Å². The van der Waals surface area contributed by atoms with Crippen molar-refractivity contribution in [1.29, 1.82) is 0 Å². The molecule has 1 fully saturated rings. The van der Waals surface area contributed by atoms with Crippen LogP contribution in [0.3, 0.4) is 0 Å². The molecule has 21 heavy (non-hydrogen) atoms. The number of morpholine rings is 1. The average Bonchev–Trinajstić information content (AvgIpc) is 2.72. The number of fused-ring (bicyclic) bond motifs is 1. The van der Waals surface area contributed by atoms with Crippen LogP contribution in [0, 0.1) is 0 Å². The van der Waals surface area contributed by atoms with Gasteiger partial charge in [0.05, 0.1) is 6.61 Å². The Morgan fingerprint density at radius 1 is 1.48 bits per heavy atom. The zero-order valence-corrected chi connectivity index (χ0v) is 13.8. The molecule has 2 heterocycles. The van der Waals surface area contributed by atoms with E-state index in [2.05, 4.69) is 19.2 Å². The first-order valence-corrected chi connectivity index (χ1v) is 7.31. The third-order valence-corrected chi connectivity index (χ3v) is 4.30. The number of hydrogen-bond acceptors (Lipinski definition) is 3. The zero-order chi connectivity index (χ0) is 14.3. The summed E-state index contributed by atoms with van der Waals surface area (Å²) in [6.07, 6.45) is -0.399. The van der Waals surface area contributed by atoms with Crippen LogP contribution in [0.15, 0.2) is 18.2 Å². The van der Waals surface area contributed by atoms with Crippen LogP contribution in [-0.4, -0.2) is 38.3 Å². The third kappa shape index (κ3) is 2.90. The van der Waals surface area contributed by atoms with E-state index < -0.39 is 6.10 Å². The highest BCUT2D eigenvalue weighted by atomic mass is 35.5. The minimum absolute atomic E-state index is 0. The van der Waals surface area contributed by atoms with Crippen molar-refractivity contribution in [2.45, 2.75) is 25.4 Å². The molecule has 0 radical (unpaired) electrons. The fourth-order valence-corrected chi connectivity index (χ4v) is 3.49. The molecular weight excluding hydrogens is 311 g/mol. The topological polar surface area (TPSA) is 41.6 Å². The number of amides is 1. The Morgan fingerprint density at radius 2 is 2.24 bits per heavy atom. The van der Waals surface area contributed by atoms with Crippen molar-refractivity contribution in [3.8, 4) is 0 Å². The van der Waals surface area contributed by atoms with E-state index in [1.165, 1.54) is 0 Å². The van der Waals surface area contributed by atoms with Crippen LogP contribution in [-0.2, 0) is 14.9 Å². The van der Waals surface area contributed by atoms with Gasteiger partial charge in [0.2, 0.25) is 0 Å². The zero-order valence-electron chi connectivity index (χ0n) is 12.2. The second-order valence-corrected chi connectivity index (χ2v) is 6.41. The highest BCUT2D eigenvalue weighted by Crippen LogP contribution is 2.44. The SMILES string of the molecule is CC1(C)CN(C(=O)[C@H]2CNCCO2)c2cccc(Cl)c21.Cl. The van der Waals surface area contributed by atoms with E-state index in [4.69, 9.17) is 16.3 Å². The molecule has 1 amide bonds. The molecule has 0 bridgehead atoms. The lowest BCUT2D eigenvalue weighted by Gasteiger charge is -2.28. The van der Waals surface area contributed by atoms with Crippen LogP contribution in [0.5, 0.6) is 0 Å². The molecule has 0 saturated carbocycles. The minimum atomic E-state index is -0.399. The van der Waals surface area contributed by atoms with Gasteiger partial charge >= 0.3 is 0 Å². The van der Waals surface area contributed by atoms with Crippen molar-refractivity contribution in [1.82, 2.24) is 5.32 Å². The number of benzene rings is 1. The largest absolute Gasteiger partial charge is 0.366 e. The normalized spacial score (nSPS) is 23.4. The lowest BCUT2D eigenvalue weighted by Crippen LogP contribution is -2.50. The van der Waals surface area contributed by atoms with Crippen LogP contribution in [0.1, 0.15) is 19.4 Å². The maximum Gasteiger partial charge on any atom is 0.257 e. The van der Waals surface area contributed by atoms with Crippen molar-refractivity contribution >= 4 is 35.6 Å². The number of nitrogens with one attached hydrogen (secondary N) is 1. The summed E-state index contributed by atoms with van der Waals surface area (Å²) in [6, 6.07) is 5.74. The van der Waals surface area contributed by atoms with Gasteiger partial charge in [-0.25, -0.2) is 0 Å². The Morgan fingerprint density at radius 3 is 2.90 bits per heavy atom. The van der Waals surface area contributed by atoms with Crippen molar-refractivity contribution in [2.24, 2.45) is 0 Å². The summed E-state index contributed by atoms with van der Waals surface area (Å²) >= 11 is 6.33. The number of anilines is 1. The number of halogens is 2. The summed E-state index contributed by atoms with van der Waals surface area (Å²) in [5, 5.41) is 3.92. The summed E-state index contributed by atoms with van der Waals surface area (Å²) in [5.41, 5.74) is 1.84. The molecule has 1 aromatic rings.